The molecular weight excluding hydrogens is 291 g/mol. The summed E-state index contributed by atoms with van der Waals surface area (Å²) < 4.78 is 13.0. The number of nitrogens with zero attached hydrogens (tertiary/aromatic N) is 1. The fraction of sp³-hybridized carbons (Fsp3) is 0.105. The van der Waals surface area contributed by atoms with E-state index in [2.05, 4.69) is 10.3 Å². The van der Waals surface area contributed by atoms with Crippen LogP contribution in [0.25, 0.3) is 11.1 Å². The SMILES string of the molecule is CC(Nc1ccc(-c2ccc(O)cc2)cn1)c1ccc(F)cc1. The molecule has 4 heteroatoms. The molecule has 1 unspecified atom stereocenters. The van der Waals surface area contributed by atoms with Crippen molar-refractivity contribution in [1.29, 1.82) is 0 Å². The van der Waals surface area contributed by atoms with Gasteiger partial charge in [0, 0.05) is 17.8 Å². The minimum atomic E-state index is -0.239. The van der Waals surface area contributed by atoms with Crippen LogP contribution in [0.15, 0.2) is 66.9 Å². The van der Waals surface area contributed by atoms with Gasteiger partial charge in [-0.05, 0) is 54.4 Å². The first kappa shape index (κ1) is 15.0. The molecule has 3 aromatic rings. The van der Waals surface area contributed by atoms with Gasteiger partial charge in [-0.1, -0.05) is 24.3 Å². The van der Waals surface area contributed by atoms with Crippen LogP contribution in [0.2, 0.25) is 0 Å². The van der Waals surface area contributed by atoms with Crippen molar-refractivity contribution in [2.45, 2.75) is 13.0 Å². The minimum absolute atomic E-state index is 0.0302. The normalized spacial score (nSPS) is 11.9. The van der Waals surface area contributed by atoms with Crippen molar-refractivity contribution in [3.05, 3.63) is 78.2 Å². The van der Waals surface area contributed by atoms with Gasteiger partial charge in [0.1, 0.15) is 17.4 Å². The van der Waals surface area contributed by atoms with Crippen LogP contribution >= 0.6 is 0 Å². The standard InChI is InChI=1S/C19H17FN2O/c1-13(14-2-7-17(20)8-3-14)22-19-11-6-16(12-21-19)15-4-9-18(23)10-5-15/h2-13,23H,1H3,(H,21,22). The van der Waals surface area contributed by atoms with Gasteiger partial charge in [-0.2, -0.15) is 0 Å². The second-order valence-electron chi connectivity index (χ2n) is 5.40. The van der Waals surface area contributed by atoms with E-state index in [0.717, 1.165) is 22.5 Å². The summed E-state index contributed by atoms with van der Waals surface area (Å²) in [7, 11) is 0. The molecule has 2 aromatic carbocycles. The number of pyridine rings is 1. The summed E-state index contributed by atoms with van der Waals surface area (Å²) in [5, 5.41) is 12.6. The third-order valence-corrected chi connectivity index (χ3v) is 3.70. The summed E-state index contributed by atoms with van der Waals surface area (Å²) in [6.07, 6.45) is 1.78. The Kier molecular flexibility index (Phi) is 4.24. The van der Waals surface area contributed by atoms with Crippen molar-refractivity contribution in [3.8, 4) is 16.9 Å². The van der Waals surface area contributed by atoms with Gasteiger partial charge < -0.3 is 10.4 Å². The van der Waals surface area contributed by atoms with Gasteiger partial charge in [-0.15, -0.1) is 0 Å². The molecule has 3 nitrogen and oxygen atoms in total. The zero-order valence-electron chi connectivity index (χ0n) is 12.7. The van der Waals surface area contributed by atoms with Crippen molar-refractivity contribution in [2.75, 3.05) is 5.32 Å². The second-order valence-corrected chi connectivity index (χ2v) is 5.40. The number of phenolic OH excluding ortho intramolecular Hbond substituents is 1. The maximum Gasteiger partial charge on any atom is 0.126 e. The lowest BCUT2D eigenvalue weighted by Crippen LogP contribution is -2.07. The highest BCUT2D eigenvalue weighted by molar-refractivity contribution is 5.64. The van der Waals surface area contributed by atoms with Crippen molar-refractivity contribution in [2.24, 2.45) is 0 Å². The predicted molar refractivity (Wildman–Crippen MR) is 89.8 cm³/mol. The number of hydrogen-bond donors (Lipinski definition) is 2. The Bertz CT molecular complexity index is 768. The molecule has 1 aromatic heterocycles. The zero-order chi connectivity index (χ0) is 16.2. The number of aromatic hydroxyl groups is 1. The zero-order valence-corrected chi connectivity index (χ0v) is 12.7. The van der Waals surface area contributed by atoms with Crippen LogP contribution in [0.4, 0.5) is 10.2 Å². The molecule has 1 heterocycles. The van der Waals surface area contributed by atoms with Crippen molar-refractivity contribution in [1.82, 2.24) is 4.98 Å². The molecular formula is C19H17FN2O. The number of nitrogens with one attached hydrogen (secondary N) is 1. The largest absolute Gasteiger partial charge is 0.508 e. The first-order valence-electron chi connectivity index (χ1n) is 7.39. The van der Waals surface area contributed by atoms with Gasteiger partial charge >= 0.3 is 0 Å². The summed E-state index contributed by atoms with van der Waals surface area (Å²) in [4.78, 5) is 4.41. The summed E-state index contributed by atoms with van der Waals surface area (Å²) >= 11 is 0. The topological polar surface area (TPSA) is 45.1 Å². The molecule has 0 saturated heterocycles. The molecule has 3 rings (SSSR count). The molecule has 116 valence electrons. The van der Waals surface area contributed by atoms with Crippen molar-refractivity contribution in [3.63, 3.8) is 0 Å². The second kappa shape index (κ2) is 6.48. The van der Waals surface area contributed by atoms with E-state index < -0.39 is 0 Å². The van der Waals surface area contributed by atoms with Crippen LogP contribution in [0, 0.1) is 5.82 Å². The van der Waals surface area contributed by atoms with Gasteiger partial charge in [0.25, 0.3) is 0 Å². The molecule has 0 amide bonds. The van der Waals surface area contributed by atoms with Crippen molar-refractivity contribution >= 4 is 5.82 Å². The third-order valence-electron chi connectivity index (χ3n) is 3.70. The Morgan fingerprint density at radius 2 is 1.57 bits per heavy atom. The Morgan fingerprint density at radius 3 is 2.17 bits per heavy atom. The van der Waals surface area contributed by atoms with Crippen LogP contribution in [-0.4, -0.2) is 10.1 Å². The number of phenols is 1. The Labute approximate surface area is 134 Å². The van der Waals surface area contributed by atoms with E-state index in [1.54, 1.807) is 30.5 Å². The number of halogens is 1. The van der Waals surface area contributed by atoms with E-state index in [9.17, 15) is 9.50 Å². The smallest absolute Gasteiger partial charge is 0.126 e. The highest BCUT2D eigenvalue weighted by Crippen LogP contribution is 2.23. The van der Waals surface area contributed by atoms with E-state index in [4.69, 9.17) is 0 Å². The van der Waals surface area contributed by atoms with Crippen molar-refractivity contribution < 1.29 is 9.50 Å². The fourth-order valence-electron chi connectivity index (χ4n) is 2.36. The maximum absolute atomic E-state index is 13.0. The molecule has 0 radical (unpaired) electrons. The summed E-state index contributed by atoms with van der Waals surface area (Å²) in [5.41, 5.74) is 2.97. The first-order valence-corrected chi connectivity index (χ1v) is 7.39. The molecule has 0 aliphatic rings. The molecule has 0 aliphatic carbocycles. The molecule has 2 N–H and O–H groups in total. The number of hydrogen-bond acceptors (Lipinski definition) is 3. The fourth-order valence-corrected chi connectivity index (χ4v) is 2.36. The molecule has 0 saturated carbocycles. The number of rotatable bonds is 4. The van der Waals surface area contributed by atoms with Crippen LogP contribution in [0.3, 0.4) is 0 Å². The summed E-state index contributed by atoms with van der Waals surface area (Å²) in [5.74, 6) is 0.759. The first-order chi connectivity index (χ1) is 11.1. The van der Waals surface area contributed by atoms with E-state index >= 15 is 0 Å². The third kappa shape index (κ3) is 3.66. The Balaban J connectivity index is 1.72. The maximum atomic E-state index is 13.0. The summed E-state index contributed by atoms with van der Waals surface area (Å²) in [6, 6.07) is 17.3. The van der Waals surface area contributed by atoms with Gasteiger partial charge in [0.2, 0.25) is 0 Å². The van der Waals surface area contributed by atoms with Crippen LogP contribution < -0.4 is 5.32 Å². The van der Waals surface area contributed by atoms with Gasteiger partial charge in [0.15, 0.2) is 0 Å². The van der Waals surface area contributed by atoms with Crippen LogP contribution in [0.5, 0.6) is 5.75 Å². The van der Waals surface area contributed by atoms with Gasteiger partial charge in [0.05, 0.1) is 0 Å². The van der Waals surface area contributed by atoms with E-state index in [1.165, 1.54) is 12.1 Å². The summed E-state index contributed by atoms with van der Waals surface area (Å²) in [6.45, 7) is 2.00. The monoisotopic (exact) mass is 308 g/mol. The van der Waals surface area contributed by atoms with E-state index in [0.29, 0.717) is 0 Å². The molecule has 1 atom stereocenters. The van der Waals surface area contributed by atoms with Gasteiger partial charge in [-0.3, -0.25) is 0 Å². The van der Waals surface area contributed by atoms with Crippen LogP contribution in [-0.2, 0) is 0 Å². The average molecular weight is 308 g/mol. The number of aromatic nitrogens is 1. The number of benzene rings is 2. The number of anilines is 1. The van der Waals surface area contributed by atoms with E-state index in [-0.39, 0.29) is 17.6 Å². The molecule has 0 bridgehead atoms. The Hall–Kier alpha value is -2.88. The highest BCUT2D eigenvalue weighted by atomic mass is 19.1. The minimum Gasteiger partial charge on any atom is -0.508 e. The lowest BCUT2D eigenvalue weighted by Gasteiger charge is -2.15. The quantitative estimate of drug-likeness (QED) is 0.730. The average Bonchev–Trinajstić information content (AvgIpc) is 2.57. The Morgan fingerprint density at radius 1 is 0.913 bits per heavy atom. The predicted octanol–water partition coefficient (Wildman–Crippen LogP) is 4.77. The molecule has 23 heavy (non-hydrogen) atoms. The molecule has 0 spiro atoms. The molecule has 0 aliphatic heterocycles. The van der Waals surface area contributed by atoms with E-state index in [1.807, 2.05) is 31.2 Å². The molecule has 0 fully saturated rings. The van der Waals surface area contributed by atoms with Gasteiger partial charge in [-0.25, -0.2) is 9.37 Å². The lowest BCUT2D eigenvalue weighted by atomic mass is 10.1. The lowest BCUT2D eigenvalue weighted by molar-refractivity contribution is 0.475. The van der Waals surface area contributed by atoms with Crippen LogP contribution in [0.1, 0.15) is 18.5 Å². The highest BCUT2D eigenvalue weighted by Gasteiger charge is 2.06.